The van der Waals surface area contributed by atoms with Crippen molar-refractivity contribution in [2.75, 3.05) is 12.4 Å². The van der Waals surface area contributed by atoms with Crippen LogP contribution in [0.2, 0.25) is 0 Å². The zero-order chi connectivity index (χ0) is 22.1. The number of non-ortho nitro benzene ring substituents is 1. The maximum absolute atomic E-state index is 14.7. The average molecular weight is 424 g/mol. The van der Waals surface area contributed by atoms with Crippen molar-refractivity contribution >= 4 is 23.4 Å². The molecule has 0 bridgehead atoms. The van der Waals surface area contributed by atoms with Crippen LogP contribution in [0.5, 0.6) is 0 Å². The molecule has 0 saturated heterocycles. The van der Waals surface area contributed by atoms with Crippen LogP contribution in [0.15, 0.2) is 59.8 Å². The highest BCUT2D eigenvalue weighted by Crippen LogP contribution is 2.37. The lowest BCUT2D eigenvalue weighted by Crippen LogP contribution is -2.33. The van der Waals surface area contributed by atoms with Crippen molar-refractivity contribution in [1.82, 2.24) is 20.2 Å². The number of hydrogen-bond acceptors (Lipinski definition) is 9. The Bertz CT molecular complexity index is 1240. The number of rotatable bonds is 5. The number of methoxy groups -OCH3 is 1. The summed E-state index contributed by atoms with van der Waals surface area (Å²) in [4.78, 5) is 36.3. The Balaban J connectivity index is 1.93. The molecule has 12 heteroatoms. The maximum atomic E-state index is 14.7. The molecule has 1 aliphatic heterocycles. The molecule has 2 heterocycles. The smallest absolute Gasteiger partial charge is 0.355 e. The quantitative estimate of drug-likeness (QED) is 0.282. The Kier molecular flexibility index (Phi) is 4.95. The van der Waals surface area contributed by atoms with Crippen LogP contribution in [0.3, 0.4) is 0 Å². The van der Waals surface area contributed by atoms with Crippen LogP contribution in [0.1, 0.15) is 22.0 Å². The number of nitrogens with one attached hydrogen (secondary N) is 1. The predicted octanol–water partition coefficient (Wildman–Crippen LogP) is 2.05. The molecule has 1 atom stereocenters. The van der Waals surface area contributed by atoms with Gasteiger partial charge in [0.25, 0.3) is 5.69 Å². The normalized spacial score (nSPS) is 15.1. The Hall–Kier alpha value is -4.48. The van der Waals surface area contributed by atoms with Gasteiger partial charge in [-0.1, -0.05) is 23.3 Å². The number of tetrazole rings is 1. The number of Topliss-reactive ketones (excluding diaryl/α,β-unsaturated/α-hetero) is 1. The summed E-state index contributed by atoms with van der Waals surface area (Å²) in [7, 11) is 1.13. The van der Waals surface area contributed by atoms with Gasteiger partial charge in [0.2, 0.25) is 5.95 Å². The van der Waals surface area contributed by atoms with Crippen molar-refractivity contribution in [2.24, 2.45) is 0 Å². The number of esters is 1. The number of hydrogen-bond donors (Lipinski definition) is 1. The Labute approximate surface area is 173 Å². The first-order valence-corrected chi connectivity index (χ1v) is 8.83. The van der Waals surface area contributed by atoms with Crippen molar-refractivity contribution in [3.63, 3.8) is 0 Å². The summed E-state index contributed by atoms with van der Waals surface area (Å²) >= 11 is 0. The molecule has 1 aliphatic rings. The maximum Gasteiger partial charge on any atom is 0.355 e. The molecule has 4 rings (SSSR count). The third-order valence-electron chi connectivity index (χ3n) is 4.69. The molecule has 31 heavy (non-hydrogen) atoms. The van der Waals surface area contributed by atoms with Crippen LogP contribution < -0.4 is 5.32 Å². The minimum Gasteiger partial charge on any atom is -0.464 e. The summed E-state index contributed by atoms with van der Waals surface area (Å²) in [6.07, 6.45) is 0. The lowest BCUT2D eigenvalue weighted by Gasteiger charge is -2.28. The summed E-state index contributed by atoms with van der Waals surface area (Å²) in [5.74, 6) is -2.21. The number of carbonyl (C=O) groups excluding carboxylic acids is 2. The number of benzene rings is 2. The molecule has 0 spiro atoms. The van der Waals surface area contributed by atoms with Crippen molar-refractivity contribution in [2.45, 2.75) is 6.04 Å². The van der Waals surface area contributed by atoms with Crippen molar-refractivity contribution in [3.05, 3.63) is 86.9 Å². The van der Waals surface area contributed by atoms with E-state index in [4.69, 9.17) is 4.74 Å². The fourth-order valence-electron chi connectivity index (χ4n) is 3.26. The molecule has 0 fully saturated rings. The van der Waals surface area contributed by atoms with Crippen molar-refractivity contribution in [1.29, 1.82) is 0 Å². The van der Waals surface area contributed by atoms with Gasteiger partial charge < -0.3 is 10.1 Å². The second-order valence-electron chi connectivity index (χ2n) is 6.41. The fraction of sp³-hybridized carbons (Fsp3) is 0.105. The lowest BCUT2D eigenvalue weighted by molar-refractivity contribution is -0.384. The fourth-order valence-corrected chi connectivity index (χ4v) is 3.26. The van der Waals surface area contributed by atoms with Crippen LogP contribution in [-0.4, -0.2) is 44.0 Å². The molecule has 0 amide bonds. The molecule has 2 aromatic carbocycles. The number of carbonyl (C=O) groups is 2. The van der Waals surface area contributed by atoms with E-state index in [-0.39, 0.29) is 34.0 Å². The van der Waals surface area contributed by atoms with Gasteiger partial charge in [0, 0.05) is 23.3 Å². The Morgan fingerprint density at radius 2 is 1.90 bits per heavy atom. The van der Waals surface area contributed by atoms with E-state index in [2.05, 4.69) is 20.8 Å². The lowest BCUT2D eigenvalue weighted by atomic mass is 9.89. The molecule has 0 saturated carbocycles. The molecule has 156 valence electrons. The van der Waals surface area contributed by atoms with Gasteiger partial charge in [0.1, 0.15) is 17.6 Å². The molecular weight excluding hydrogens is 411 g/mol. The van der Waals surface area contributed by atoms with E-state index in [1.54, 1.807) is 6.07 Å². The van der Waals surface area contributed by atoms with E-state index >= 15 is 0 Å². The summed E-state index contributed by atoms with van der Waals surface area (Å²) in [6.45, 7) is 0. The summed E-state index contributed by atoms with van der Waals surface area (Å²) in [5, 5.41) is 24.7. The van der Waals surface area contributed by atoms with Crippen LogP contribution in [0.4, 0.5) is 16.0 Å². The minimum atomic E-state index is -1.19. The Morgan fingerprint density at radius 1 is 1.19 bits per heavy atom. The first kappa shape index (κ1) is 19.8. The molecule has 3 aromatic rings. The van der Waals surface area contributed by atoms with Gasteiger partial charge in [0.15, 0.2) is 5.78 Å². The molecule has 11 nitrogen and oxygen atoms in total. The van der Waals surface area contributed by atoms with Crippen molar-refractivity contribution in [3.8, 4) is 0 Å². The van der Waals surface area contributed by atoms with Crippen LogP contribution in [-0.2, 0) is 9.53 Å². The van der Waals surface area contributed by atoms with Gasteiger partial charge in [-0.05, 0) is 28.6 Å². The van der Waals surface area contributed by atoms with Gasteiger partial charge in [-0.3, -0.25) is 14.9 Å². The highest BCUT2D eigenvalue weighted by atomic mass is 19.1. The van der Waals surface area contributed by atoms with E-state index in [0.717, 1.165) is 19.2 Å². The predicted molar refractivity (Wildman–Crippen MR) is 102 cm³/mol. The number of ether oxygens (including phenoxy) is 1. The highest BCUT2D eigenvalue weighted by molar-refractivity contribution is 6.15. The van der Waals surface area contributed by atoms with E-state index in [1.165, 1.54) is 35.0 Å². The Morgan fingerprint density at radius 3 is 2.55 bits per heavy atom. The second kappa shape index (κ2) is 7.74. The van der Waals surface area contributed by atoms with E-state index in [9.17, 15) is 24.1 Å². The third-order valence-corrected chi connectivity index (χ3v) is 4.69. The summed E-state index contributed by atoms with van der Waals surface area (Å²) in [6, 6.07) is 9.29. The molecule has 0 radical (unpaired) electrons. The number of allylic oxidation sites excluding steroid dienone is 1. The van der Waals surface area contributed by atoms with E-state index < -0.39 is 28.5 Å². The van der Waals surface area contributed by atoms with E-state index in [0.29, 0.717) is 0 Å². The zero-order valence-corrected chi connectivity index (χ0v) is 15.9. The number of halogens is 1. The number of ketones is 1. The number of fused-ring (bicyclic) bond motifs is 1. The van der Waals surface area contributed by atoms with Gasteiger partial charge in [-0.15, -0.1) is 0 Å². The minimum absolute atomic E-state index is 0.00824. The second-order valence-corrected chi connectivity index (χ2v) is 6.41. The van der Waals surface area contributed by atoms with Crippen LogP contribution >= 0.6 is 0 Å². The molecule has 1 N–H and O–H groups in total. The molecule has 0 unspecified atom stereocenters. The topological polar surface area (TPSA) is 142 Å². The van der Waals surface area contributed by atoms with Crippen LogP contribution in [0, 0.1) is 15.9 Å². The number of nitrogens with zero attached hydrogens (tertiary/aromatic N) is 5. The third kappa shape index (κ3) is 3.39. The highest BCUT2D eigenvalue weighted by Gasteiger charge is 2.39. The van der Waals surface area contributed by atoms with Gasteiger partial charge in [-0.2, -0.15) is 4.68 Å². The molecule has 0 aliphatic carbocycles. The van der Waals surface area contributed by atoms with Gasteiger partial charge in [-0.25, -0.2) is 9.18 Å². The molecule has 1 aromatic heterocycles. The molecular formula is C19H13FN6O5. The SMILES string of the molecule is COC(=O)C1=C(C(=O)c2ccc([N+](=O)[O-])cc2)[C@@H](c2ccccc2F)n2nnnc2N1. The van der Waals surface area contributed by atoms with Crippen LogP contribution in [0.25, 0.3) is 0 Å². The average Bonchev–Trinajstić information content (AvgIpc) is 3.26. The summed E-state index contributed by atoms with van der Waals surface area (Å²) < 4.78 is 20.7. The standard InChI is InChI=1S/C19H13FN6O5/c1-31-18(28)15-14(17(27)10-6-8-11(9-7-10)26(29)30)16(12-4-2-3-5-13(12)20)25-19(21-15)22-23-24-25/h2-9,16H,1H3,(H,21,22,24)/t16-/m1/s1. The zero-order valence-electron chi connectivity index (χ0n) is 15.9. The van der Waals surface area contributed by atoms with Gasteiger partial charge >= 0.3 is 5.97 Å². The monoisotopic (exact) mass is 424 g/mol. The number of nitro benzene ring substituents is 1. The van der Waals surface area contributed by atoms with Gasteiger partial charge in [0.05, 0.1) is 17.6 Å². The number of nitro groups is 1. The van der Waals surface area contributed by atoms with Crippen molar-refractivity contribution < 1.29 is 23.6 Å². The first-order chi connectivity index (χ1) is 14.9. The number of aromatic nitrogens is 4. The first-order valence-electron chi connectivity index (χ1n) is 8.83. The van der Waals surface area contributed by atoms with E-state index in [1.807, 2.05) is 0 Å². The largest absolute Gasteiger partial charge is 0.464 e. The summed E-state index contributed by atoms with van der Waals surface area (Å²) in [5.41, 5.74) is -0.563. The number of anilines is 1.